The van der Waals surface area contributed by atoms with Crippen molar-refractivity contribution in [3.05, 3.63) is 41.0 Å². The average molecular weight is 313 g/mol. The lowest BCUT2D eigenvalue weighted by molar-refractivity contribution is 0.358. The van der Waals surface area contributed by atoms with E-state index < -0.39 is 0 Å². The van der Waals surface area contributed by atoms with Crippen molar-refractivity contribution >= 4 is 0 Å². The summed E-state index contributed by atoms with van der Waals surface area (Å²) in [6.45, 7) is 9.12. The first kappa shape index (κ1) is 16.0. The second kappa shape index (κ2) is 5.95. The van der Waals surface area contributed by atoms with Crippen LogP contribution in [0.25, 0.3) is 0 Å². The lowest BCUT2D eigenvalue weighted by Crippen LogP contribution is -2.22. The van der Waals surface area contributed by atoms with Gasteiger partial charge in [0.2, 0.25) is 0 Å². The monoisotopic (exact) mass is 313 g/mol. The zero-order valence-electron chi connectivity index (χ0n) is 14.9. The summed E-state index contributed by atoms with van der Waals surface area (Å²) < 4.78 is 3.76. The van der Waals surface area contributed by atoms with Crippen molar-refractivity contribution in [2.75, 3.05) is 0 Å². The van der Waals surface area contributed by atoms with Crippen LogP contribution in [-0.4, -0.2) is 24.8 Å². The predicted octanol–water partition coefficient (Wildman–Crippen LogP) is 3.69. The Labute approximate surface area is 138 Å². The third kappa shape index (κ3) is 3.23. The van der Waals surface area contributed by atoms with Crippen molar-refractivity contribution in [2.24, 2.45) is 12.5 Å². The van der Waals surface area contributed by atoms with Crippen LogP contribution in [0.5, 0.6) is 0 Å². The van der Waals surface area contributed by atoms with E-state index in [1.807, 2.05) is 28.8 Å². The SMILES string of the molecule is CC1=C(Cc2cn(C(C)c3cnn(C)c3)nn2)C(C)(C)CCC1. The molecular formula is C18H27N5. The standard InChI is InChI=1S/C18H27N5/c1-13-7-6-8-18(3,4)17(13)9-16-12-23(21-20-16)14(2)15-10-19-22(5)11-15/h10-12,14H,6-9H2,1-5H3. The first-order valence-electron chi connectivity index (χ1n) is 8.45. The molecule has 0 N–H and O–H groups in total. The minimum absolute atomic E-state index is 0.152. The van der Waals surface area contributed by atoms with Crippen LogP contribution in [0.15, 0.2) is 29.7 Å². The maximum atomic E-state index is 4.42. The Morgan fingerprint density at radius 3 is 2.74 bits per heavy atom. The van der Waals surface area contributed by atoms with E-state index in [2.05, 4.69) is 49.3 Å². The molecule has 5 heteroatoms. The Bertz CT molecular complexity index is 719. The van der Waals surface area contributed by atoms with Crippen molar-refractivity contribution in [1.29, 1.82) is 0 Å². The first-order chi connectivity index (χ1) is 10.9. The molecule has 1 aliphatic rings. The van der Waals surface area contributed by atoms with Crippen LogP contribution < -0.4 is 0 Å². The maximum Gasteiger partial charge on any atom is 0.0868 e. The Hall–Kier alpha value is -1.91. The molecular weight excluding hydrogens is 286 g/mol. The van der Waals surface area contributed by atoms with Gasteiger partial charge in [-0.05, 0) is 38.5 Å². The summed E-state index contributed by atoms with van der Waals surface area (Å²) in [4.78, 5) is 0. The lowest BCUT2D eigenvalue weighted by Gasteiger charge is -2.34. The molecule has 0 saturated heterocycles. The van der Waals surface area contributed by atoms with Crippen molar-refractivity contribution in [2.45, 2.75) is 59.4 Å². The van der Waals surface area contributed by atoms with Crippen molar-refractivity contribution < 1.29 is 0 Å². The highest BCUT2D eigenvalue weighted by molar-refractivity contribution is 5.26. The minimum atomic E-state index is 0.152. The molecule has 0 aromatic carbocycles. The summed E-state index contributed by atoms with van der Waals surface area (Å²) in [6.07, 6.45) is 10.7. The molecule has 124 valence electrons. The van der Waals surface area contributed by atoms with Gasteiger partial charge in [0.05, 0.1) is 17.9 Å². The predicted molar refractivity (Wildman–Crippen MR) is 91.1 cm³/mol. The van der Waals surface area contributed by atoms with E-state index in [0.29, 0.717) is 0 Å². The van der Waals surface area contributed by atoms with Crippen LogP contribution in [0.3, 0.4) is 0 Å². The summed E-state index contributed by atoms with van der Waals surface area (Å²) in [7, 11) is 1.93. The van der Waals surface area contributed by atoms with E-state index in [0.717, 1.165) is 17.7 Å². The zero-order chi connectivity index (χ0) is 16.6. The fourth-order valence-corrected chi connectivity index (χ4v) is 3.64. The average Bonchev–Trinajstić information content (AvgIpc) is 3.11. The third-order valence-electron chi connectivity index (χ3n) is 5.21. The fraction of sp³-hybridized carbons (Fsp3) is 0.611. The number of allylic oxidation sites excluding steroid dienone is 2. The Morgan fingerprint density at radius 1 is 1.30 bits per heavy atom. The summed E-state index contributed by atoms with van der Waals surface area (Å²) in [5.74, 6) is 0. The quantitative estimate of drug-likeness (QED) is 0.809. The highest BCUT2D eigenvalue weighted by Gasteiger charge is 2.29. The second-order valence-electron chi connectivity index (χ2n) is 7.49. The minimum Gasteiger partial charge on any atom is -0.275 e. The smallest absolute Gasteiger partial charge is 0.0868 e. The highest BCUT2D eigenvalue weighted by atomic mass is 15.4. The molecule has 0 spiro atoms. The van der Waals surface area contributed by atoms with Crippen LogP contribution in [-0.2, 0) is 13.5 Å². The summed E-state index contributed by atoms with van der Waals surface area (Å²) in [5.41, 5.74) is 5.57. The van der Waals surface area contributed by atoms with Crippen molar-refractivity contribution in [3.63, 3.8) is 0 Å². The van der Waals surface area contributed by atoms with Gasteiger partial charge >= 0.3 is 0 Å². The molecule has 5 nitrogen and oxygen atoms in total. The molecule has 0 fully saturated rings. The molecule has 2 aromatic rings. The fourth-order valence-electron chi connectivity index (χ4n) is 3.64. The number of aryl methyl sites for hydroxylation is 1. The molecule has 2 heterocycles. The van der Waals surface area contributed by atoms with Crippen LogP contribution in [0.1, 0.15) is 64.3 Å². The van der Waals surface area contributed by atoms with E-state index in [1.54, 1.807) is 5.57 Å². The van der Waals surface area contributed by atoms with Gasteiger partial charge in [0.25, 0.3) is 0 Å². The Morgan fingerprint density at radius 2 is 2.09 bits per heavy atom. The number of aromatic nitrogens is 5. The summed E-state index contributed by atoms with van der Waals surface area (Å²) in [6, 6.07) is 0.152. The van der Waals surface area contributed by atoms with E-state index in [4.69, 9.17) is 0 Å². The van der Waals surface area contributed by atoms with Crippen LogP contribution in [0, 0.1) is 5.41 Å². The lowest BCUT2D eigenvalue weighted by atomic mass is 9.71. The van der Waals surface area contributed by atoms with Gasteiger partial charge in [0.1, 0.15) is 0 Å². The number of hydrogen-bond acceptors (Lipinski definition) is 3. The number of nitrogens with zero attached hydrogens (tertiary/aromatic N) is 5. The van der Waals surface area contributed by atoms with E-state index >= 15 is 0 Å². The zero-order valence-corrected chi connectivity index (χ0v) is 14.9. The summed E-state index contributed by atoms with van der Waals surface area (Å²) >= 11 is 0. The van der Waals surface area contributed by atoms with E-state index in [-0.39, 0.29) is 11.5 Å². The molecule has 0 saturated carbocycles. The largest absolute Gasteiger partial charge is 0.275 e. The summed E-state index contributed by atoms with van der Waals surface area (Å²) in [5, 5.41) is 13.0. The van der Waals surface area contributed by atoms with E-state index in [1.165, 1.54) is 24.8 Å². The van der Waals surface area contributed by atoms with Gasteiger partial charge in [0, 0.05) is 31.4 Å². The van der Waals surface area contributed by atoms with Gasteiger partial charge in [-0.1, -0.05) is 30.2 Å². The highest BCUT2D eigenvalue weighted by Crippen LogP contribution is 2.41. The first-order valence-corrected chi connectivity index (χ1v) is 8.45. The van der Waals surface area contributed by atoms with E-state index in [9.17, 15) is 0 Å². The van der Waals surface area contributed by atoms with Crippen LogP contribution in [0.4, 0.5) is 0 Å². The molecule has 0 aliphatic heterocycles. The topological polar surface area (TPSA) is 48.5 Å². The Kier molecular flexibility index (Phi) is 4.13. The second-order valence-corrected chi connectivity index (χ2v) is 7.49. The normalized spacial score (nSPS) is 19.2. The third-order valence-corrected chi connectivity index (χ3v) is 5.21. The molecule has 2 aromatic heterocycles. The molecule has 1 unspecified atom stereocenters. The van der Waals surface area contributed by atoms with Gasteiger partial charge in [0.15, 0.2) is 0 Å². The molecule has 0 radical (unpaired) electrons. The molecule has 3 rings (SSSR count). The Balaban J connectivity index is 1.80. The molecule has 1 atom stereocenters. The number of hydrogen-bond donors (Lipinski definition) is 0. The van der Waals surface area contributed by atoms with Crippen LogP contribution >= 0.6 is 0 Å². The molecule has 1 aliphatic carbocycles. The number of rotatable bonds is 4. The molecule has 23 heavy (non-hydrogen) atoms. The van der Waals surface area contributed by atoms with Gasteiger partial charge in [-0.2, -0.15) is 5.10 Å². The maximum absolute atomic E-state index is 4.42. The van der Waals surface area contributed by atoms with Gasteiger partial charge in [-0.3, -0.25) is 4.68 Å². The molecule has 0 amide bonds. The van der Waals surface area contributed by atoms with Crippen LogP contribution in [0.2, 0.25) is 0 Å². The van der Waals surface area contributed by atoms with Gasteiger partial charge < -0.3 is 0 Å². The van der Waals surface area contributed by atoms with Crippen molar-refractivity contribution in [3.8, 4) is 0 Å². The molecule has 0 bridgehead atoms. The van der Waals surface area contributed by atoms with Gasteiger partial charge in [-0.15, -0.1) is 5.10 Å². The van der Waals surface area contributed by atoms with Gasteiger partial charge in [-0.25, -0.2) is 4.68 Å². The van der Waals surface area contributed by atoms with Crippen molar-refractivity contribution in [1.82, 2.24) is 24.8 Å².